The van der Waals surface area contributed by atoms with Crippen molar-refractivity contribution in [1.82, 2.24) is 9.88 Å². The van der Waals surface area contributed by atoms with Crippen LogP contribution in [0, 0.1) is 5.41 Å². The van der Waals surface area contributed by atoms with E-state index in [1.165, 1.54) is 11.3 Å². The van der Waals surface area contributed by atoms with Crippen LogP contribution < -0.4 is 5.32 Å². The summed E-state index contributed by atoms with van der Waals surface area (Å²) in [5.41, 5.74) is 0.974. The van der Waals surface area contributed by atoms with Gasteiger partial charge in [-0.3, -0.25) is 9.69 Å². The zero-order valence-corrected chi connectivity index (χ0v) is 14.2. The molecule has 124 valence electrons. The van der Waals surface area contributed by atoms with Gasteiger partial charge >= 0.3 is 0 Å². The number of nitrogens with zero attached hydrogens (tertiary/aromatic N) is 2. The zero-order chi connectivity index (χ0) is 16.3. The number of hydrogen-bond acceptors (Lipinski definition) is 5. The molecule has 6 heteroatoms. The Kier molecular flexibility index (Phi) is 4.94. The lowest BCUT2D eigenvalue weighted by Crippen LogP contribution is -2.44. The summed E-state index contributed by atoms with van der Waals surface area (Å²) in [4.78, 5) is 18.8. The fourth-order valence-corrected chi connectivity index (χ4v) is 3.98. The molecule has 2 heterocycles. The number of para-hydroxylation sites is 1. The zero-order valence-electron chi connectivity index (χ0n) is 13.4. The highest BCUT2D eigenvalue weighted by Crippen LogP contribution is 2.34. The Morgan fingerprint density at radius 2 is 2.13 bits per heavy atom. The van der Waals surface area contributed by atoms with E-state index in [0.717, 1.165) is 42.6 Å². The van der Waals surface area contributed by atoms with Gasteiger partial charge in [-0.05, 0) is 49.9 Å². The van der Waals surface area contributed by atoms with E-state index in [-0.39, 0.29) is 17.9 Å². The van der Waals surface area contributed by atoms with Crippen LogP contribution in [0.5, 0.6) is 0 Å². The molecule has 0 bridgehead atoms. The van der Waals surface area contributed by atoms with Crippen molar-refractivity contribution in [2.24, 2.45) is 5.41 Å². The van der Waals surface area contributed by atoms with E-state index in [4.69, 9.17) is 0 Å². The number of aliphatic hydroxyl groups excluding tert-OH is 1. The summed E-state index contributed by atoms with van der Waals surface area (Å²) in [5, 5.41) is 13.1. The third-order valence-electron chi connectivity index (χ3n) is 4.91. The third kappa shape index (κ3) is 3.71. The van der Waals surface area contributed by atoms with Gasteiger partial charge in [-0.2, -0.15) is 0 Å². The van der Waals surface area contributed by atoms with Gasteiger partial charge in [0.15, 0.2) is 5.13 Å². The molecule has 0 aliphatic carbocycles. The van der Waals surface area contributed by atoms with Crippen LogP contribution in [-0.4, -0.2) is 47.1 Å². The van der Waals surface area contributed by atoms with Crippen molar-refractivity contribution in [3.8, 4) is 0 Å². The second kappa shape index (κ2) is 6.95. The summed E-state index contributed by atoms with van der Waals surface area (Å²) in [7, 11) is 0. The van der Waals surface area contributed by atoms with Crippen LogP contribution in [0.3, 0.4) is 0 Å². The molecule has 5 nitrogen and oxygen atoms in total. The summed E-state index contributed by atoms with van der Waals surface area (Å²) >= 11 is 1.50. The minimum absolute atomic E-state index is 0.0166. The van der Waals surface area contributed by atoms with Crippen LogP contribution in [-0.2, 0) is 4.79 Å². The number of fused-ring (bicyclic) bond motifs is 1. The Labute approximate surface area is 140 Å². The number of likely N-dealkylation sites (tertiary alicyclic amines) is 1. The van der Waals surface area contributed by atoms with Gasteiger partial charge in [0.05, 0.1) is 16.8 Å². The Hall–Kier alpha value is -1.50. The number of thiazole rings is 1. The topological polar surface area (TPSA) is 65.5 Å². The fraction of sp³-hybridized carbons (Fsp3) is 0.529. The van der Waals surface area contributed by atoms with Crippen LogP contribution in [0.1, 0.15) is 26.2 Å². The number of aromatic nitrogens is 1. The molecule has 1 saturated heterocycles. The number of amides is 1. The molecule has 0 radical (unpaired) electrons. The second-order valence-corrected chi connectivity index (χ2v) is 7.35. The van der Waals surface area contributed by atoms with E-state index < -0.39 is 0 Å². The molecule has 0 unspecified atom stereocenters. The van der Waals surface area contributed by atoms with Crippen molar-refractivity contribution in [3.63, 3.8) is 0 Å². The number of hydrogen-bond donors (Lipinski definition) is 2. The van der Waals surface area contributed by atoms with Crippen molar-refractivity contribution >= 4 is 32.6 Å². The van der Waals surface area contributed by atoms with E-state index in [1.807, 2.05) is 24.3 Å². The highest BCUT2D eigenvalue weighted by molar-refractivity contribution is 7.22. The number of rotatable bonds is 5. The van der Waals surface area contributed by atoms with Crippen LogP contribution in [0.25, 0.3) is 10.2 Å². The van der Waals surface area contributed by atoms with Crippen molar-refractivity contribution in [1.29, 1.82) is 0 Å². The summed E-state index contributed by atoms with van der Waals surface area (Å²) < 4.78 is 1.08. The van der Waals surface area contributed by atoms with Crippen LogP contribution in [0.15, 0.2) is 24.3 Å². The number of aliphatic hydroxyl groups is 1. The first-order valence-electron chi connectivity index (χ1n) is 8.13. The third-order valence-corrected chi connectivity index (χ3v) is 5.86. The first-order valence-corrected chi connectivity index (χ1v) is 8.94. The maximum atomic E-state index is 12.2. The van der Waals surface area contributed by atoms with E-state index in [0.29, 0.717) is 11.7 Å². The summed E-state index contributed by atoms with van der Waals surface area (Å²) in [6, 6.07) is 7.88. The molecular weight excluding hydrogens is 310 g/mol. The van der Waals surface area contributed by atoms with Crippen LogP contribution >= 0.6 is 11.3 Å². The number of anilines is 1. The molecule has 2 aromatic rings. The number of benzene rings is 1. The highest BCUT2D eigenvalue weighted by Gasteiger charge is 2.32. The molecule has 1 aromatic heterocycles. The van der Waals surface area contributed by atoms with Gasteiger partial charge in [0, 0.05) is 6.61 Å². The SMILES string of the molecule is CCC1(CO)CCN(CC(=O)Nc2nc3ccccc3s2)CC1. The summed E-state index contributed by atoms with van der Waals surface area (Å²) in [6.45, 7) is 4.49. The predicted octanol–water partition coefficient (Wildman–Crippen LogP) is 2.72. The molecule has 1 fully saturated rings. The largest absolute Gasteiger partial charge is 0.396 e. The maximum absolute atomic E-state index is 12.2. The number of carbonyl (C=O) groups excluding carboxylic acids is 1. The fourth-order valence-electron chi connectivity index (χ4n) is 3.10. The highest BCUT2D eigenvalue weighted by atomic mass is 32.1. The minimum Gasteiger partial charge on any atom is -0.396 e. The molecule has 1 amide bonds. The average molecular weight is 333 g/mol. The van der Waals surface area contributed by atoms with E-state index in [9.17, 15) is 9.90 Å². The van der Waals surface area contributed by atoms with Gasteiger partial charge in [0.1, 0.15) is 0 Å². The molecule has 1 aromatic carbocycles. The Bertz CT molecular complexity index is 638. The van der Waals surface area contributed by atoms with Crippen molar-refractivity contribution < 1.29 is 9.90 Å². The average Bonchev–Trinajstić information content (AvgIpc) is 2.98. The lowest BCUT2D eigenvalue weighted by Gasteiger charge is -2.39. The van der Waals surface area contributed by atoms with Gasteiger partial charge in [0.2, 0.25) is 5.91 Å². The smallest absolute Gasteiger partial charge is 0.240 e. The Morgan fingerprint density at radius 1 is 1.39 bits per heavy atom. The lowest BCUT2D eigenvalue weighted by atomic mass is 9.77. The van der Waals surface area contributed by atoms with Gasteiger partial charge < -0.3 is 10.4 Å². The molecule has 1 aliphatic rings. The standard InChI is InChI=1S/C17H23N3O2S/c1-2-17(12-21)7-9-20(10-8-17)11-15(22)19-16-18-13-5-3-4-6-14(13)23-16/h3-6,21H,2,7-12H2,1H3,(H,18,19,22). The van der Waals surface area contributed by atoms with E-state index >= 15 is 0 Å². The number of carbonyl (C=O) groups is 1. The first-order chi connectivity index (χ1) is 11.1. The van der Waals surface area contributed by atoms with Crippen LogP contribution in [0.4, 0.5) is 5.13 Å². The van der Waals surface area contributed by atoms with Crippen LogP contribution in [0.2, 0.25) is 0 Å². The van der Waals surface area contributed by atoms with Gasteiger partial charge in [0.25, 0.3) is 0 Å². The second-order valence-electron chi connectivity index (χ2n) is 6.32. The van der Waals surface area contributed by atoms with E-state index in [1.54, 1.807) is 0 Å². The van der Waals surface area contributed by atoms with Gasteiger partial charge in [-0.1, -0.05) is 30.4 Å². The van der Waals surface area contributed by atoms with E-state index in [2.05, 4.69) is 22.1 Å². The minimum atomic E-state index is -0.0166. The molecule has 3 rings (SSSR count). The number of nitrogens with one attached hydrogen (secondary N) is 1. The van der Waals surface area contributed by atoms with Crippen molar-refractivity contribution in [2.75, 3.05) is 31.6 Å². The predicted molar refractivity (Wildman–Crippen MR) is 93.7 cm³/mol. The summed E-state index contributed by atoms with van der Waals surface area (Å²) in [6.07, 6.45) is 2.90. The maximum Gasteiger partial charge on any atom is 0.240 e. The first kappa shape index (κ1) is 16.4. The van der Waals surface area contributed by atoms with Crippen molar-refractivity contribution in [2.45, 2.75) is 26.2 Å². The molecule has 0 spiro atoms. The van der Waals surface area contributed by atoms with Crippen molar-refractivity contribution in [3.05, 3.63) is 24.3 Å². The van der Waals surface area contributed by atoms with Gasteiger partial charge in [-0.25, -0.2) is 4.98 Å². The molecular formula is C17H23N3O2S. The van der Waals surface area contributed by atoms with Gasteiger partial charge in [-0.15, -0.1) is 0 Å². The molecule has 1 aliphatic heterocycles. The Morgan fingerprint density at radius 3 is 2.78 bits per heavy atom. The monoisotopic (exact) mass is 333 g/mol. The molecule has 0 saturated carbocycles. The normalized spacial score (nSPS) is 18.2. The Balaban J connectivity index is 1.54. The quantitative estimate of drug-likeness (QED) is 0.883. The molecule has 23 heavy (non-hydrogen) atoms. The molecule has 0 atom stereocenters. The molecule has 2 N–H and O–H groups in total. The lowest BCUT2D eigenvalue weighted by molar-refractivity contribution is -0.118. The summed E-state index contributed by atoms with van der Waals surface area (Å²) in [5.74, 6) is -0.0166. The number of piperidine rings is 1.